The third-order valence-electron chi connectivity index (χ3n) is 2.38. The lowest BCUT2D eigenvalue weighted by molar-refractivity contribution is 0.628. The summed E-state index contributed by atoms with van der Waals surface area (Å²) in [5.74, 6) is 0.777. The predicted octanol–water partition coefficient (Wildman–Crippen LogP) is 3.44. The molecule has 1 N–H and O–H groups in total. The van der Waals surface area contributed by atoms with Crippen LogP contribution in [0.2, 0.25) is 0 Å². The van der Waals surface area contributed by atoms with Crippen LogP contribution in [0.25, 0.3) is 16.0 Å². The third kappa shape index (κ3) is 0.976. The Morgan fingerprint density at radius 1 is 1.29 bits per heavy atom. The van der Waals surface area contributed by atoms with Crippen LogP contribution in [0.15, 0.2) is 34.8 Å². The monoisotopic (exact) mass is 205 g/mol. The Labute approximate surface area is 86.2 Å². The lowest BCUT2D eigenvalue weighted by Crippen LogP contribution is -2.03. The second kappa shape index (κ2) is 2.79. The van der Waals surface area contributed by atoms with E-state index in [1.807, 2.05) is 30.3 Å². The first kappa shape index (κ1) is 7.94. The van der Waals surface area contributed by atoms with Crippen LogP contribution in [-0.4, -0.2) is 6.54 Å². The Bertz CT molecular complexity index is 527. The van der Waals surface area contributed by atoms with Crippen LogP contribution in [0.5, 0.6) is 0 Å². The van der Waals surface area contributed by atoms with Gasteiger partial charge in [0.15, 0.2) is 0 Å². The van der Waals surface area contributed by atoms with Gasteiger partial charge in [-0.15, -0.1) is 0 Å². The summed E-state index contributed by atoms with van der Waals surface area (Å²) in [6, 6.07) is 7.90. The minimum absolute atomic E-state index is 0.728. The minimum atomic E-state index is 0.728. The molecule has 0 unspecified atom stereocenters. The average Bonchev–Trinajstić information content (AvgIpc) is 2.57. The fourth-order valence-corrected chi connectivity index (χ4v) is 2.01. The number of fused-ring (bicyclic) bond motifs is 3. The summed E-state index contributed by atoms with van der Waals surface area (Å²) in [4.78, 5) is 0. The Morgan fingerprint density at radius 2 is 2.14 bits per heavy atom. The van der Waals surface area contributed by atoms with Crippen molar-refractivity contribution in [3.8, 4) is 0 Å². The van der Waals surface area contributed by atoms with Gasteiger partial charge in [-0.2, -0.15) is 0 Å². The smallest absolute Gasteiger partial charge is 0.203 e. The van der Waals surface area contributed by atoms with Crippen LogP contribution in [-0.2, 0) is 0 Å². The number of rotatable bonds is 0. The summed E-state index contributed by atoms with van der Waals surface area (Å²) in [5, 5.41) is 4.99. The van der Waals surface area contributed by atoms with Crippen molar-refractivity contribution in [2.75, 3.05) is 11.9 Å². The first-order chi connectivity index (χ1) is 6.86. The summed E-state index contributed by atoms with van der Waals surface area (Å²) in [6.45, 7) is 0.728. The van der Waals surface area contributed by atoms with Crippen LogP contribution in [0.3, 0.4) is 0 Å². The molecule has 3 heteroatoms. The van der Waals surface area contributed by atoms with E-state index in [2.05, 4.69) is 5.32 Å². The van der Waals surface area contributed by atoms with Crippen molar-refractivity contribution in [1.29, 1.82) is 0 Å². The van der Waals surface area contributed by atoms with Crippen molar-refractivity contribution < 1.29 is 4.42 Å². The van der Waals surface area contributed by atoms with E-state index in [0.717, 1.165) is 34.0 Å². The van der Waals surface area contributed by atoms with E-state index >= 15 is 0 Å². The molecule has 0 amide bonds. The largest absolute Gasteiger partial charge is 0.440 e. The molecule has 0 aliphatic carbocycles. The van der Waals surface area contributed by atoms with Gasteiger partial charge < -0.3 is 9.73 Å². The molecular formula is C11H8ClNO. The molecule has 0 radical (unpaired) electrons. The number of hydrogen-bond acceptors (Lipinski definition) is 2. The second-order valence-corrected chi connectivity index (χ2v) is 3.64. The van der Waals surface area contributed by atoms with Crippen molar-refractivity contribution in [3.63, 3.8) is 0 Å². The molecule has 14 heavy (non-hydrogen) atoms. The van der Waals surface area contributed by atoms with E-state index in [-0.39, 0.29) is 0 Å². The minimum Gasteiger partial charge on any atom is -0.440 e. The predicted molar refractivity (Wildman–Crippen MR) is 58.5 cm³/mol. The maximum Gasteiger partial charge on any atom is 0.203 e. The Morgan fingerprint density at radius 3 is 3.07 bits per heavy atom. The van der Waals surface area contributed by atoms with Gasteiger partial charge in [-0.1, -0.05) is 29.8 Å². The van der Waals surface area contributed by atoms with Crippen LogP contribution in [0.1, 0.15) is 5.56 Å². The molecule has 1 aromatic heterocycles. The molecule has 70 valence electrons. The quantitative estimate of drug-likeness (QED) is 0.713. The molecule has 0 bridgehead atoms. The molecule has 0 saturated carbocycles. The summed E-state index contributed by atoms with van der Waals surface area (Å²) >= 11 is 6.13. The van der Waals surface area contributed by atoms with Gasteiger partial charge in [0, 0.05) is 11.9 Å². The molecule has 2 nitrogen and oxygen atoms in total. The number of anilines is 1. The molecule has 3 rings (SSSR count). The van der Waals surface area contributed by atoms with Crippen LogP contribution in [0, 0.1) is 0 Å². The van der Waals surface area contributed by atoms with Gasteiger partial charge in [0.25, 0.3) is 0 Å². The Balaban J connectivity index is 2.42. The van der Waals surface area contributed by atoms with Crippen LogP contribution >= 0.6 is 11.6 Å². The SMILES string of the molecule is ClC1=CCNc2oc3ccccc3c21. The second-order valence-electron chi connectivity index (χ2n) is 3.24. The van der Waals surface area contributed by atoms with Crippen molar-refractivity contribution in [3.05, 3.63) is 35.9 Å². The highest BCUT2D eigenvalue weighted by molar-refractivity contribution is 6.50. The first-order valence-corrected chi connectivity index (χ1v) is 4.85. The molecule has 1 aliphatic rings. The molecule has 1 aromatic carbocycles. The maximum atomic E-state index is 6.13. The topological polar surface area (TPSA) is 25.2 Å². The third-order valence-corrected chi connectivity index (χ3v) is 2.72. The van der Waals surface area contributed by atoms with Crippen molar-refractivity contribution in [2.24, 2.45) is 0 Å². The Hall–Kier alpha value is -1.41. The van der Waals surface area contributed by atoms with E-state index in [1.165, 1.54) is 0 Å². The van der Waals surface area contributed by atoms with Crippen molar-refractivity contribution in [1.82, 2.24) is 0 Å². The van der Waals surface area contributed by atoms with Crippen molar-refractivity contribution >= 4 is 33.5 Å². The number of benzene rings is 1. The molecule has 1 aliphatic heterocycles. The molecule has 0 atom stereocenters. The van der Waals surface area contributed by atoms with E-state index in [9.17, 15) is 0 Å². The summed E-state index contributed by atoms with van der Waals surface area (Å²) in [6.07, 6.45) is 1.95. The standard InChI is InChI=1S/C11H8ClNO/c12-8-5-6-13-11-10(8)7-3-1-2-4-9(7)14-11/h1-5,13H,6H2. The Kier molecular flexibility index (Phi) is 1.58. The molecular weight excluding hydrogens is 198 g/mol. The zero-order chi connectivity index (χ0) is 9.54. The number of para-hydroxylation sites is 1. The summed E-state index contributed by atoms with van der Waals surface area (Å²) in [7, 11) is 0. The average molecular weight is 206 g/mol. The maximum absolute atomic E-state index is 6.13. The van der Waals surface area contributed by atoms with E-state index in [0.29, 0.717) is 0 Å². The highest BCUT2D eigenvalue weighted by Crippen LogP contribution is 2.38. The van der Waals surface area contributed by atoms with Gasteiger partial charge in [-0.05, 0) is 12.1 Å². The molecule has 0 spiro atoms. The van der Waals surface area contributed by atoms with Gasteiger partial charge >= 0.3 is 0 Å². The fraction of sp³-hybridized carbons (Fsp3) is 0.0909. The highest BCUT2D eigenvalue weighted by atomic mass is 35.5. The number of halogens is 1. The van der Waals surface area contributed by atoms with Crippen LogP contribution in [0.4, 0.5) is 5.88 Å². The van der Waals surface area contributed by atoms with E-state index < -0.39 is 0 Å². The zero-order valence-electron chi connectivity index (χ0n) is 7.38. The number of hydrogen-bond donors (Lipinski definition) is 1. The van der Waals surface area contributed by atoms with Gasteiger partial charge in [0.1, 0.15) is 5.58 Å². The normalized spacial score (nSPS) is 14.8. The first-order valence-electron chi connectivity index (χ1n) is 4.48. The lowest BCUT2D eigenvalue weighted by atomic mass is 10.1. The van der Waals surface area contributed by atoms with Gasteiger partial charge in [0.05, 0.1) is 10.6 Å². The summed E-state index contributed by atoms with van der Waals surface area (Å²) in [5.41, 5.74) is 1.85. The molecule has 0 fully saturated rings. The van der Waals surface area contributed by atoms with Gasteiger partial charge in [0.2, 0.25) is 5.88 Å². The zero-order valence-corrected chi connectivity index (χ0v) is 8.14. The molecule has 0 saturated heterocycles. The van der Waals surface area contributed by atoms with Gasteiger partial charge in [-0.3, -0.25) is 0 Å². The number of nitrogens with one attached hydrogen (secondary N) is 1. The van der Waals surface area contributed by atoms with Crippen LogP contribution < -0.4 is 5.32 Å². The summed E-state index contributed by atoms with van der Waals surface area (Å²) < 4.78 is 5.62. The number of furan rings is 1. The highest BCUT2D eigenvalue weighted by Gasteiger charge is 2.18. The van der Waals surface area contributed by atoms with E-state index in [4.69, 9.17) is 16.0 Å². The molecule has 2 heterocycles. The molecule has 2 aromatic rings. The fourth-order valence-electron chi connectivity index (χ4n) is 1.74. The lowest BCUT2D eigenvalue weighted by Gasteiger charge is -2.08. The van der Waals surface area contributed by atoms with Crippen molar-refractivity contribution in [2.45, 2.75) is 0 Å². The van der Waals surface area contributed by atoms with Gasteiger partial charge in [-0.25, -0.2) is 0 Å². The van der Waals surface area contributed by atoms with E-state index in [1.54, 1.807) is 0 Å².